The number of halogens is 4. The van der Waals surface area contributed by atoms with E-state index in [1.807, 2.05) is 0 Å². The lowest BCUT2D eigenvalue weighted by molar-refractivity contribution is -0.272. The number of nitrogens with one attached hydrogen (secondary N) is 1. The first kappa shape index (κ1) is 24.7. The zero-order valence-corrected chi connectivity index (χ0v) is 20.6. The van der Waals surface area contributed by atoms with Gasteiger partial charge in [0.05, 0.1) is 24.2 Å². The average molecular weight is 515 g/mol. The van der Waals surface area contributed by atoms with Gasteiger partial charge in [-0.15, -0.1) is 0 Å². The number of aromatic amines is 1. The summed E-state index contributed by atoms with van der Waals surface area (Å²) in [4.78, 5) is 7.15. The zero-order valence-electron chi connectivity index (χ0n) is 19.9. The van der Waals surface area contributed by atoms with Gasteiger partial charge in [-0.3, -0.25) is 4.98 Å². The highest BCUT2D eigenvalue weighted by atomic mass is 35.5. The van der Waals surface area contributed by atoms with Crippen LogP contribution in [0.4, 0.5) is 13.2 Å². The maximum absolute atomic E-state index is 15.0. The number of H-pyrrole nitrogens is 1. The highest BCUT2D eigenvalue weighted by Gasteiger charge is 2.61. The summed E-state index contributed by atoms with van der Waals surface area (Å²) in [5.41, 5.74) is -1.64. The fourth-order valence-electron chi connectivity index (χ4n) is 5.42. The standard InChI is InChI=1S/C28H26ClF3N2O2/c1-26(2,21-14-20(29)12-19-9-11-36-25(19)21)16-27(35,28(30,31)32)24(17-6-4-3-5-7-17)22-13-18-8-10-33-15-23(18)34-22/h3-8,10,12-15,24,34-35H,9,11,16H2,1-2H3. The molecule has 2 atom stereocenters. The molecule has 0 saturated carbocycles. The maximum Gasteiger partial charge on any atom is 0.418 e. The van der Waals surface area contributed by atoms with Crippen LogP contribution < -0.4 is 4.74 Å². The minimum absolute atomic E-state index is 0.257. The molecule has 8 heteroatoms. The normalized spacial score (nSPS) is 16.4. The van der Waals surface area contributed by atoms with E-state index in [1.165, 1.54) is 0 Å². The minimum atomic E-state index is -4.96. The van der Waals surface area contributed by atoms with Crippen LogP contribution in [0.5, 0.6) is 5.75 Å². The Morgan fingerprint density at radius 2 is 1.86 bits per heavy atom. The van der Waals surface area contributed by atoms with Gasteiger partial charge in [-0.2, -0.15) is 13.2 Å². The van der Waals surface area contributed by atoms with Gasteiger partial charge < -0.3 is 14.8 Å². The molecule has 5 rings (SSSR count). The van der Waals surface area contributed by atoms with Crippen molar-refractivity contribution in [3.63, 3.8) is 0 Å². The number of aromatic nitrogens is 2. The second-order valence-corrected chi connectivity index (χ2v) is 10.5. The quantitative estimate of drug-likeness (QED) is 0.293. The van der Waals surface area contributed by atoms with Gasteiger partial charge in [0.1, 0.15) is 5.75 Å². The Morgan fingerprint density at radius 3 is 2.56 bits per heavy atom. The number of benzene rings is 2. The first-order chi connectivity index (χ1) is 17.0. The molecule has 0 saturated heterocycles. The predicted octanol–water partition coefficient (Wildman–Crippen LogP) is 6.94. The third-order valence-electron chi connectivity index (χ3n) is 7.05. The van der Waals surface area contributed by atoms with Crippen LogP contribution in [0.25, 0.3) is 10.9 Å². The molecule has 4 nitrogen and oxygen atoms in total. The van der Waals surface area contributed by atoms with Crippen molar-refractivity contribution in [3.05, 3.63) is 94.4 Å². The molecule has 2 unspecified atom stereocenters. The van der Waals surface area contributed by atoms with Crippen molar-refractivity contribution >= 4 is 22.5 Å². The SMILES string of the molecule is CC(C)(CC(O)(C(c1ccccc1)c1cc2ccncc2[nH]1)C(F)(F)F)c1cc(Cl)cc2c1OCC2. The third kappa shape index (κ3) is 4.24. The summed E-state index contributed by atoms with van der Waals surface area (Å²) in [6.07, 6.45) is -1.80. The number of nitrogens with zero attached hydrogens (tertiary/aromatic N) is 1. The number of fused-ring (bicyclic) bond motifs is 2. The largest absolute Gasteiger partial charge is 0.493 e. The summed E-state index contributed by atoms with van der Waals surface area (Å²) in [6, 6.07) is 15.1. The second-order valence-electron chi connectivity index (χ2n) is 10.1. The molecule has 2 aromatic carbocycles. The Kier molecular flexibility index (Phi) is 6.04. The van der Waals surface area contributed by atoms with Crippen LogP contribution >= 0.6 is 11.6 Å². The first-order valence-electron chi connectivity index (χ1n) is 11.7. The molecule has 0 fully saturated rings. The lowest BCUT2D eigenvalue weighted by Crippen LogP contribution is -2.53. The number of ether oxygens (including phenoxy) is 1. The third-order valence-corrected chi connectivity index (χ3v) is 7.26. The number of hydrogen-bond acceptors (Lipinski definition) is 3. The fraction of sp³-hybridized carbons (Fsp3) is 0.321. The topological polar surface area (TPSA) is 58.1 Å². The molecule has 3 heterocycles. The van der Waals surface area contributed by atoms with Crippen LogP contribution in [0.1, 0.15) is 48.6 Å². The lowest BCUT2D eigenvalue weighted by atomic mass is 9.67. The van der Waals surface area contributed by atoms with E-state index in [0.29, 0.717) is 45.8 Å². The van der Waals surface area contributed by atoms with Crippen LogP contribution in [0, 0.1) is 0 Å². The molecule has 0 aliphatic carbocycles. The van der Waals surface area contributed by atoms with Crippen molar-refractivity contribution in [1.29, 1.82) is 0 Å². The molecule has 4 aromatic rings. The predicted molar refractivity (Wildman–Crippen MR) is 134 cm³/mol. The molecule has 2 aromatic heterocycles. The van der Waals surface area contributed by atoms with Crippen LogP contribution in [0.15, 0.2) is 67.0 Å². The Hall–Kier alpha value is -3.03. The second kappa shape index (κ2) is 8.82. The summed E-state index contributed by atoms with van der Waals surface area (Å²) in [6.45, 7) is 3.82. The van der Waals surface area contributed by atoms with Gasteiger partial charge in [0, 0.05) is 34.3 Å². The molecule has 1 aliphatic rings. The Balaban J connectivity index is 1.68. The molecule has 36 heavy (non-hydrogen) atoms. The molecular formula is C28H26ClF3N2O2. The summed E-state index contributed by atoms with van der Waals surface area (Å²) in [5, 5.41) is 13.0. The van der Waals surface area contributed by atoms with Gasteiger partial charge in [0.15, 0.2) is 5.60 Å². The van der Waals surface area contributed by atoms with Gasteiger partial charge in [-0.1, -0.05) is 55.8 Å². The van der Waals surface area contributed by atoms with E-state index in [4.69, 9.17) is 16.3 Å². The highest BCUT2D eigenvalue weighted by molar-refractivity contribution is 6.30. The molecule has 0 bridgehead atoms. The first-order valence-corrected chi connectivity index (χ1v) is 12.1. The highest BCUT2D eigenvalue weighted by Crippen LogP contribution is 2.53. The average Bonchev–Trinajstić information content (AvgIpc) is 3.44. The van der Waals surface area contributed by atoms with Gasteiger partial charge in [0.25, 0.3) is 0 Å². The van der Waals surface area contributed by atoms with Gasteiger partial charge in [0.2, 0.25) is 0 Å². The zero-order chi connectivity index (χ0) is 25.7. The monoisotopic (exact) mass is 514 g/mol. The summed E-state index contributed by atoms with van der Waals surface area (Å²) in [5.74, 6) is -0.861. The van der Waals surface area contributed by atoms with Crippen molar-refractivity contribution in [2.75, 3.05) is 6.61 Å². The molecule has 1 aliphatic heterocycles. The van der Waals surface area contributed by atoms with E-state index < -0.39 is 29.5 Å². The molecule has 0 radical (unpaired) electrons. The summed E-state index contributed by atoms with van der Waals surface area (Å²) in [7, 11) is 0. The van der Waals surface area contributed by atoms with E-state index in [1.54, 1.807) is 80.8 Å². The number of alkyl halides is 3. The van der Waals surface area contributed by atoms with E-state index in [2.05, 4.69) is 9.97 Å². The van der Waals surface area contributed by atoms with Crippen LogP contribution in [0.3, 0.4) is 0 Å². The van der Waals surface area contributed by atoms with E-state index in [9.17, 15) is 5.11 Å². The maximum atomic E-state index is 15.0. The Morgan fingerprint density at radius 1 is 1.11 bits per heavy atom. The van der Waals surface area contributed by atoms with Gasteiger partial charge in [-0.25, -0.2) is 0 Å². The summed E-state index contributed by atoms with van der Waals surface area (Å²) < 4.78 is 50.9. The van der Waals surface area contributed by atoms with Gasteiger partial charge in [-0.05, 0) is 47.2 Å². The number of pyridine rings is 1. The molecule has 188 valence electrons. The van der Waals surface area contributed by atoms with Crippen molar-refractivity contribution in [2.24, 2.45) is 0 Å². The van der Waals surface area contributed by atoms with E-state index >= 15 is 13.2 Å². The van der Waals surface area contributed by atoms with E-state index in [-0.39, 0.29) is 5.69 Å². The minimum Gasteiger partial charge on any atom is -0.493 e. The number of rotatable bonds is 6. The number of aliphatic hydroxyl groups is 1. The van der Waals surface area contributed by atoms with Crippen LogP contribution in [0.2, 0.25) is 5.02 Å². The number of hydrogen-bond donors (Lipinski definition) is 2. The van der Waals surface area contributed by atoms with Crippen LogP contribution in [-0.2, 0) is 11.8 Å². The Labute approximate surface area is 212 Å². The van der Waals surface area contributed by atoms with Crippen molar-refractivity contribution < 1.29 is 23.0 Å². The van der Waals surface area contributed by atoms with Crippen LogP contribution in [-0.4, -0.2) is 33.5 Å². The van der Waals surface area contributed by atoms with Gasteiger partial charge >= 0.3 is 6.18 Å². The fourth-order valence-corrected chi connectivity index (χ4v) is 5.66. The molecule has 0 amide bonds. The smallest absolute Gasteiger partial charge is 0.418 e. The van der Waals surface area contributed by atoms with Crippen molar-refractivity contribution in [1.82, 2.24) is 9.97 Å². The lowest BCUT2D eigenvalue weighted by Gasteiger charge is -2.43. The molecule has 0 spiro atoms. The summed E-state index contributed by atoms with van der Waals surface area (Å²) >= 11 is 6.34. The molecular weight excluding hydrogens is 489 g/mol. The molecule has 2 N–H and O–H groups in total. The van der Waals surface area contributed by atoms with E-state index in [0.717, 1.165) is 5.56 Å². The Bertz CT molecular complexity index is 1370. The van der Waals surface area contributed by atoms with Crippen molar-refractivity contribution in [2.45, 2.75) is 49.8 Å². The van der Waals surface area contributed by atoms with Crippen molar-refractivity contribution in [3.8, 4) is 5.75 Å².